The second kappa shape index (κ2) is 9.19. The van der Waals surface area contributed by atoms with Crippen LogP contribution in [0.3, 0.4) is 0 Å². The van der Waals surface area contributed by atoms with Crippen molar-refractivity contribution in [1.29, 1.82) is 0 Å². The van der Waals surface area contributed by atoms with Gasteiger partial charge in [-0.3, -0.25) is 9.59 Å². The Hall–Kier alpha value is -2.72. The molecule has 0 aliphatic carbocycles. The van der Waals surface area contributed by atoms with Crippen molar-refractivity contribution in [2.24, 2.45) is 0 Å². The van der Waals surface area contributed by atoms with Gasteiger partial charge in [-0.15, -0.1) is 0 Å². The number of ketones is 1. The number of nitrogens with one attached hydrogen (secondary N) is 1. The Labute approximate surface area is 165 Å². The number of ether oxygens (including phenoxy) is 1. The number of aryl methyl sites for hydroxylation is 1. The third-order valence-electron chi connectivity index (χ3n) is 3.83. The third kappa shape index (κ3) is 6.68. The number of Topliss-reactive ketones (excluding diaryl/α,β-unsaturated/α-hetero) is 1. The van der Waals surface area contributed by atoms with E-state index in [4.69, 9.17) is 4.74 Å². The minimum atomic E-state index is -4.68. The molecular formula is C19H18F3NO5S. The SMILES string of the molecule is Cc1ccc(C(=O)COC(=O)CCNS(=O)(=O)c2cccc(C(F)(F)F)c2)cc1. The van der Waals surface area contributed by atoms with Gasteiger partial charge in [0.25, 0.3) is 0 Å². The summed E-state index contributed by atoms with van der Waals surface area (Å²) in [5.41, 5.74) is 0.231. The van der Waals surface area contributed by atoms with Crippen LogP contribution in [0.4, 0.5) is 13.2 Å². The summed E-state index contributed by atoms with van der Waals surface area (Å²) in [6.07, 6.45) is -5.07. The van der Waals surface area contributed by atoms with Crippen LogP contribution in [0.25, 0.3) is 0 Å². The third-order valence-corrected chi connectivity index (χ3v) is 5.29. The summed E-state index contributed by atoms with van der Waals surface area (Å²) in [4.78, 5) is 23.0. The lowest BCUT2D eigenvalue weighted by Gasteiger charge is -2.10. The fourth-order valence-corrected chi connectivity index (χ4v) is 3.33. The summed E-state index contributed by atoms with van der Waals surface area (Å²) in [6, 6.07) is 9.89. The Morgan fingerprint density at radius 1 is 1.07 bits per heavy atom. The number of rotatable bonds is 8. The van der Waals surface area contributed by atoms with Crippen LogP contribution >= 0.6 is 0 Å². The fraction of sp³-hybridized carbons (Fsp3) is 0.263. The van der Waals surface area contributed by atoms with E-state index < -0.39 is 51.6 Å². The second-order valence-corrected chi connectivity index (χ2v) is 7.89. The van der Waals surface area contributed by atoms with Crippen molar-refractivity contribution in [3.8, 4) is 0 Å². The van der Waals surface area contributed by atoms with E-state index in [2.05, 4.69) is 0 Å². The molecule has 0 radical (unpaired) electrons. The molecule has 6 nitrogen and oxygen atoms in total. The van der Waals surface area contributed by atoms with E-state index in [1.165, 1.54) is 0 Å². The van der Waals surface area contributed by atoms with Crippen LogP contribution < -0.4 is 4.72 Å². The monoisotopic (exact) mass is 429 g/mol. The number of carbonyl (C=O) groups excluding carboxylic acids is 2. The van der Waals surface area contributed by atoms with Crippen LogP contribution in [0.15, 0.2) is 53.4 Å². The van der Waals surface area contributed by atoms with E-state index in [1.54, 1.807) is 24.3 Å². The molecule has 156 valence electrons. The van der Waals surface area contributed by atoms with Gasteiger partial charge in [0.05, 0.1) is 16.9 Å². The number of esters is 1. The topological polar surface area (TPSA) is 89.5 Å². The highest BCUT2D eigenvalue weighted by Gasteiger charge is 2.31. The van der Waals surface area contributed by atoms with Crippen molar-refractivity contribution in [2.75, 3.05) is 13.2 Å². The molecule has 0 saturated carbocycles. The molecule has 0 aromatic heterocycles. The largest absolute Gasteiger partial charge is 0.457 e. The van der Waals surface area contributed by atoms with Crippen molar-refractivity contribution < 1.29 is 35.9 Å². The molecule has 0 aliphatic rings. The minimum Gasteiger partial charge on any atom is -0.457 e. The molecule has 0 heterocycles. The lowest BCUT2D eigenvalue weighted by atomic mass is 10.1. The van der Waals surface area contributed by atoms with Crippen molar-refractivity contribution in [3.63, 3.8) is 0 Å². The van der Waals surface area contributed by atoms with Crippen LogP contribution in [0.1, 0.15) is 27.9 Å². The van der Waals surface area contributed by atoms with E-state index in [-0.39, 0.29) is 6.42 Å². The summed E-state index contributed by atoms with van der Waals surface area (Å²) >= 11 is 0. The molecule has 2 aromatic carbocycles. The van der Waals surface area contributed by atoms with Crippen LogP contribution in [-0.2, 0) is 25.7 Å². The Morgan fingerprint density at radius 2 is 1.72 bits per heavy atom. The first-order chi connectivity index (χ1) is 13.5. The van der Waals surface area contributed by atoms with Crippen LogP contribution in [0.2, 0.25) is 0 Å². The number of alkyl halides is 3. The summed E-state index contributed by atoms with van der Waals surface area (Å²) in [7, 11) is -4.24. The van der Waals surface area contributed by atoms with Crippen molar-refractivity contribution in [3.05, 3.63) is 65.2 Å². The van der Waals surface area contributed by atoms with Crippen LogP contribution in [-0.4, -0.2) is 33.3 Å². The van der Waals surface area contributed by atoms with E-state index in [0.717, 1.165) is 23.8 Å². The lowest BCUT2D eigenvalue weighted by molar-refractivity contribution is -0.142. The number of benzene rings is 2. The highest BCUT2D eigenvalue weighted by Crippen LogP contribution is 2.30. The molecule has 0 fully saturated rings. The first-order valence-corrected chi connectivity index (χ1v) is 9.90. The van der Waals surface area contributed by atoms with Gasteiger partial charge >= 0.3 is 12.1 Å². The van der Waals surface area contributed by atoms with Gasteiger partial charge in [-0.2, -0.15) is 13.2 Å². The molecule has 0 amide bonds. The maximum absolute atomic E-state index is 12.7. The van der Waals surface area contributed by atoms with E-state index in [9.17, 15) is 31.2 Å². The molecule has 1 N–H and O–H groups in total. The normalized spacial score (nSPS) is 11.9. The standard InChI is InChI=1S/C19H18F3NO5S/c1-13-5-7-14(8-6-13)17(24)12-28-18(25)9-10-23-29(26,27)16-4-2-3-15(11-16)19(20,21)22/h2-8,11,23H,9-10,12H2,1H3. The number of hydrogen-bond acceptors (Lipinski definition) is 5. The molecule has 0 unspecified atom stereocenters. The Morgan fingerprint density at radius 3 is 2.34 bits per heavy atom. The molecule has 2 aromatic rings. The highest BCUT2D eigenvalue weighted by molar-refractivity contribution is 7.89. The Bertz CT molecular complexity index is 986. The maximum atomic E-state index is 12.7. The zero-order chi connectivity index (χ0) is 21.7. The van der Waals surface area contributed by atoms with Gasteiger partial charge in [-0.25, -0.2) is 13.1 Å². The van der Waals surface area contributed by atoms with Gasteiger partial charge in [-0.05, 0) is 25.1 Å². The molecule has 29 heavy (non-hydrogen) atoms. The molecule has 0 saturated heterocycles. The fourth-order valence-electron chi connectivity index (χ4n) is 2.25. The van der Waals surface area contributed by atoms with Crippen molar-refractivity contribution >= 4 is 21.8 Å². The van der Waals surface area contributed by atoms with E-state index in [1.807, 2.05) is 11.6 Å². The molecular weight excluding hydrogens is 411 g/mol. The predicted octanol–water partition coefficient (Wildman–Crippen LogP) is 3.11. The Kier molecular flexibility index (Phi) is 7.15. The number of carbonyl (C=O) groups is 2. The lowest BCUT2D eigenvalue weighted by Crippen LogP contribution is -2.27. The number of halogens is 3. The van der Waals surface area contributed by atoms with Gasteiger partial charge in [0, 0.05) is 12.1 Å². The number of sulfonamides is 1. The quantitative estimate of drug-likeness (QED) is 0.515. The maximum Gasteiger partial charge on any atom is 0.416 e. The highest BCUT2D eigenvalue weighted by atomic mass is 32.2. The van der Waals surface area contributed by atoms with Gasteiger partial charge in [0.15, 0.2) is 12.4 Å². The zero-order valence-corrected chi connectivity index (χ0v) is 16.1. The molecule has 0 aliphatic heterocycles. The van der Waals surface area contributed by atoms with Gasteiger partial charge in [-0.1, -0.05) is 35.9 Å². The molecule has 10 heteroatoms. The average molecular weight is 429 g/mol. The predicted molar refractivity (Wildman–Crippen MR) is 97.7 cm³/mol. The molecule has 0 bridgehead atoms. The molecule has 0 spiro atoms. The zero-order valence-electron chi connectivity index (χ0n) is 15.3. The molecule has 2 rings (SSSR count). The van der Waals surface area contributed by atoms with Crippen molar-refractivity contribution in [1.82, 2.24) is 4.72 Å². The summed E-state index contributed by atoms with van der Waals surface area (Å²) in [6.45, 7) is 0.965. The van der Waals surface area contributed by atoms with E-state index >= 15 is 0 Å². The number of hydrogen-bond donors (Lipinski definition) is 1. The van der Waals surface area contributed by atoms with Gasteiger partial charge in [0.1, 0.15) is 0 Å². The van der Waals surface area contributed by atoms with Crippen LogP contribution in [0.5, 0.6) is 0 Å². The summed E-state index contributed by atoms with van der Waals surface area (Å²) in [5.74, 6) is -1.24. The minimum absolute atomic E-state index is 0.369. The van der Waals surface area contributed by atoms with Gasteiger partial charge in [0.2, 0.25) is 10.0 Å². The van der Waals surface area contributed by atoms with E-state index in [0.29, 0.717) is 11.6 Å². The molecule has 0 atom stereocenters. The van der Waals surface area contributed by atoms with Crippen LogP contribution in [0, 0.1) is 6.92 Å². The summed E-state index contributed by atoms with van der Waals surface area (Å²) < 4.78 is 69.1. The second-order valence-electron chi connectivity index (χ2n) is 6.12. The first-order valence-electron chi connectivity index (χ1n) is 8.41. The van der Waals surface area contributed by atoms with Crippen molar-refractivity contribution in [2.45, 2.75) is 24.4 Å². The van der Waals surface area contributed by atoms with Gasteiger partial charge < -0.3 is 4.74 Å². The first kappa shape index (κ1) is 22.6. The smallest absolute Gasteiger partial charge is 0.416 e. The average Bonchev–Trinajstić information content (AvgIpc) is 2.66. The Balaban J connectivity index is 1.84. The summed E-state index contributed by atoms with van der Waals surface area (Å²) in [5, 5.41) is 0.